The SMILES string of the molecule is Cc1ccc(CNC(=O)c2n[nH]c3c2C[C@@H](C)O[C@H]3C)c(N2CCOCC2)c1. The molecule has 150 valence electrons. The van der Waals surface area contributed by atoms with Crippen LogP contribution < -0.4 is 10.2 Å². The van der Waals surface area contributed by atoms with Crippen molar-refractivity contribution < 1.29 is 14.3 Å². The van der Waals surface area contributed by atoms with Crippen molar-refractivity contribution in [1.29, 1.82) is 0 Å². The summed E-state index contributed by atoms with van der Waals surface area (Å²) in [6.45, 7) is 9.77. The van der Waals surface area contributed by atoms with Crippen molar-refractivity contribution in [3.05, 3.63) is 46.3 Å². The van der Waals surface area contributed by atoms with Gasteiger partial charge in [0.1, 0.15) is 0 Å². The summed E-state index contributed by atoms with van der Waals surface area (Å²) in [6.07, 6.45) is 0.706. The highest BCUT2D eigenvalue weighted by Crippen LogP contribution is 2.30. The quantitative estimate of drug-likeness (QED) is 0.847. The maximum atomic E-state index is 12.9. The largest absolute Gasteiger partial charge is 0.378 e. The molecule has 3 heterocycles. The first kappa shape index (κ1) is 19.0. The van der Waals surface area contributed by atoms with Gasteiger partial charge in [0.15, 0.2) is 5.69 Å². The number of ether oxygens (including phenoxy) is 2. The number of nitrogens with one attached hydrogen (secondary N) is 2. The number of hydrogen-bond donors (Lipinski definition) is 2. The van der Waals surface area contributed by atoms with Crippen LogP contribution in [0.25, 0.3) is 0 Å². The predicted octanol–water partition coefficient (Wildman–Crippen LogP) is 2.51. The number of morpholine rings is 1. The number of aromatic amines is 1. The average molecular weight is 384 g/mol. The molecule has 0 saturated carbocycles. The lowest BCUT2D eigenvalue weighted by molar-refractivity contribution is -0.00697. The second-order valence-electron chi connectivity index (χ2n) is 7.67. The number of carbonyl (C=O) groups excluding carboxylic acids is 1. The zero-order valence-electron chi connectivity index (χ0n) is 16.7. The number of aromatic nitrogens is 2. The van der Waals surface area contributed by atoms with Crippen molar-refractivity contribution in [2.75, 3.05) is 31.2 Å². The molecule has 0 radical (unpaired) electrons. The topological polar surface area (TPSA) is 79.5 Å². The molecule has 7 nitrogen and oxygen atoms in total. The summed E-state index contributed by atoms with van der Waals surface area (Å²) in [5.41, 5.74) is 5.85. The third-order valence-electron chi connectivity index (χ3n) is 5.48. The van der Waals surface area contributed by atoms with Crippen molar-refractivity contribution in [3.63, 3.8) is 0 Å². The van der Waals surface area contributed by atoms with Gasteiger partial charge >= 0.3 is 0 Å². The molecule has 2 atom stereocenters. The number of rotatable bonds is 4. The van der Waals surface area contributed by atoms with E-state index in [1.165, 1.54) is 11.3 Å². The van der Waals surface area contributed by atoms with Crippen LogP contribution in [0, 0.1) is 6.92 Å². The molecule has 2 aliphatic rings. The first-order valence-corrected chi connectivity index (χ1v) is 9.96. The molecule has 0 spiro atoms. The molecular weight excluding hydrogens is 356 g/mol. The first-order valence-electron chi connectivity index (χ1n) is 9.96. The number of anilines is 1. The molecule has 2 N–H and O–H groups in total. The second kappa shape index (κ2) is 7.93. The minimum absolute atomic E-state index is 0.0715. The van der Waals surface area contributed by atoms with Gasteiger partial charge in [0.2, 0.25) is 0 Å². The van der Waals surface area contributed by atoms with E-state index < -0.39 is 0 Å². The van der Waals surface area contributed by atoms with Gasteiger partial charge in [0.25, 0.3) is 5.91 Å². The fraction of sp³-hybridized carbons (Fsp3) is 0.524. The Morgan fingerprint density at radius 1 is 1.32 bits per heavy atom. The molecule has 1 fully saturated rings. The Balaban J connectivity index is 1.50. The summed E-state index contributed by atoms with van der Waals surface area (Å²) in [5, 5.41) is 10.3. The van der Waals surface area contributed by atoms with Crippen molar-refractivity contribution in [2.45, 2.75) is 45.9 Å². The zero-order valence-corrected chi connectivity index (χ0v) is 16.7. The molecule has 0 aliphatic carbocycles. The van der Waals surface area contributed by atoms with Crippen LogP contribution in [-0.4, -0.2) is 48.5 Å². The van der Waals surface area contributed by atoms with Crippen molar-refractivity contribution in [3.8, 4) is 0 Å². The highest BCUT2D eigenvalue weighted by Gasteiger charge is 2.29. The van der Waals surface area contributed by atoms with Gasteiger partial charge in [0, 0.05) is 37.3 Å². The summed E-state index contributed by atoms with van der Waals surface area (Å²) < 4.78 is 11.3. The Morgan fingerprint density at radius 2 is 2.11 bits per heavy atom. The van der Waals surface area contributed by atoms with Crippen molar-refractivity contribution >= 4 is 11.6 Å². The standard InChI is InChI=1S/C21H28N4O3/c1-13-4-5-16(18(10-13)25-6-8-27-9-7-25)12-22-21(26)20-17-11-14(2)28-15(3)19(17)23-24-20/h4-5,10,14-15H,6-9,11-12H2,1-3H3,(H,22,26)(H,23,24)/t14-,15+/m1/s1. The molecule has 1 saturated heterocycles. The normalized spacial score (nSPS) is 22.0. The van der Waals surface area contributed by atoms with E-state index in [0.29, 0.717) is 18.7 Å². The average Bonchev–Trinajstić information content (AvgIpc) is 3.11. The van der Waals surface area contributed by atoms with Gasteiger partial charge in [-0.05, 0) is 38.0 Å². The Labute approximate surface area is 165 Å². The third-order valence-corrected chi connectivity index (χ3v) is 5.48. The molecule has 28 heavy (non-hydrogen) atoms. The zero-order chi connectivity index (χ0) is 19.7. The number of hydrogen-bond acceptors (Lipinski definition) is 5. The van der Waals surface area contributed by atoms with Crippen molar-refractivity contribution in [1.82, 2.24) is 15.5 Å². The second-order valence-corrected chi connectivity index (χ2v) is 7.67. The Morgan fingerprint density at radius 3 is 2.89 bits per heavy atom. The van der Waals surface area contributed by atoms with Crippen molar-refractivity contribution in [2.24, 2.45) is 0 Å². The summed E-state index contributed by atoms with van der Waals surface area (Å²) in [7, 11) is 0. The van der Waals surface area contributed by atoms with Gasteiger partial charge in [-0.3, -0.25) is 9.89 Å². The van der Waals surface area contributed by atoms with E-state index in [2.05, 4.69) is 45.5 Å². The van der Waals surface area contributed by atoms with Crippen LogP contribution in [0.2, 0.25) is 0 Å². The number of H-pyrrole nitrogens is 1. The third kappa shape index (κ3) is 3.77. The van der Waals surface area contributed by atoms with Crippen LogP contribution in [-0.2, 0) is 22.4 Å². The van der Waals surface area contributed by atoms with Gasteiger partial charge in [-0.2, -0.15) is 5.10 Å². The molecule has 1 amide bonds. The smallest absolute Gasteiger partial charge is 0.272 e. The number of amides is 1. The van der Waals surface area contributed by atoms with Gasteiger partial charge in [0.05, 0.1) is 31.1 Å². The van der Waals surface area contributed by atoms with E-state index in [1.54, 1.807) is 0 Å². The maximum Gasteiger partial charge on any atom is 0.272 e. The van der Waals surface area contributed by atoms with E-state index in [9.17, 15) is 4.79 Å². The number of carbonyl (C=O) groups is 1. The fourth-order valence-corrected chi connectivity index (χ4v) is 4.04. The van der Waals surface area contributed by atoms with Gasteiger partial charge in [-0.15, -0.1) is 0 Å². The van der Waals surface area contributed by atoms with E-state index in [-0.39, 0.29) is 18.1 Å². The molecule has 2 aliphatic heterocycles. The summed E-state index contributed by atoms with van der Waals surface area (Å²) in [6, 6.07) is 6.37. The van der Waals surface area contributed by atoms with E-state index in [1.807, 2.05) is 13.8 Å². The number of fused-ring (bicyclic) bond motifs is 1. The van der Waals surface area contributed by atoms with Gasteiger partial charge in [-0.1, -0.05) is 12.1 Å². The highest BCUT2D eigenvalue weighted by atomic mass is 16.5. The number of benzene rings is 1. The van der Waals surface area contributed by atoms with E-state index in [4.69, 9.17) is 9.47 Å². The summed E-state index contributed by atoms with van der Waals surface area (Å²) in [5.74, 6) is -0.146. The number of nitrogens with zero attached hydrogens (tertiary/aromatic N) is 2. The molecule has 1 aromatic heterocycles. The minimum Gasteiger partial charge on any atom is -0.378 e. The fourth-order valence-electron chi connectivity index (χ4n) is 4.04. The lowest BCUT2D eigenvalue weighted by Gasteiger charge is -2.31. The number of aryl methyl sites for hydroxylation is 1. The molecule has 0 bridgehead atoms. The van der Waals surface area contributed by atoms with Crippen LogP contribution in [0.4, 0.5) is 5.69 Å². The Bertz CT molecular complexity index is 857. The predicted molar refractivity (Wildman–Crippen MR) is 107 cm³/mol. The maximum absolute atomic E-state index is 12.9. The highest BCUT2D eigenvalue weighted by molar-refractivity contribution is 5.94. The molecule has 4 rings (SSSR count). The van der Waals surface area contributed by atoms with Crippen LogP contribution in [0.15, 0.2) is 18.2 Å². The van der Waals surface area contributed by atoms with Crippen LogP contribution in [0.5, 0.6) is 0 Å². The van der Waals surface area contributed by atoms with Crippen LogP contribution >= 0.6 is 0 Å². The van der Waals surface area contributed by atoms with Gasteiger partial charge in [-0.25, -0.2) is 0 Å². The molecule has 0 unspecified atom stereocenters. The molecular formula is C21H28N4O3. The Kier molecular flexibility index (Phi) is 5.37. The minimum atomic E-state index is -0.146. The monoisotopic (exact) mass is 384 g/mol. The summed E-state index contributed by atoms with van der Waals surface area (Å²) >= 11 is 0. The summed E-state index contributed by atoms with van der Waals surface area (Å²) in [4.78, 5) is 15.2. The molecule has 7 heteroatoms. The Hall–Kier alpha value is -2.38. The van der Waals surface area contributed by atoms with E-state index >= 15 is 0 Å². The van der Waals surface area contributed by atoms with E-state index in [0.717, 1.165) is 43.1 Å². The van der Waals surface area contributed by atoms with Crippen LogP contribution in [0.1, 0.15) is 52.8 Å². The lowest BCUT2D eigenvalue weighted by Crippen LogP contribution is -2.37. The van der Waals surface area contributed by atoms with Gasteiger partial charge < -0.3 is 19.7 Å². The molecule has 1 aromatic carbocycles. The first-order chi connectivity index (χ1) is 13.5. The molecule has 2 aromatic rings. The lowest BCUT2D eigenvalue weighted by atomic mass is 9.99. The van der Waals surface area contributed by atoms with Crippen LogP contribution in [0.3, 0.4) is 0 Å².